The minimum absolute atomic E-state index is 0. The molecule has 261 valence electrons. The van der Waals surface area contributed by atoms with E-state index in [1.165, 1.54) is 38.9 Å². The molecule has 5 aromatic carbocycles. The zero-order valence-electron chi connectivity index (χ0n) is 30.3. The van der Waals surface area contributed by atoms with Crippen LogP contribution in [0.15, 0.2) is 138 Å². The summed E-state index contributed by atoms with van der Waals surface area (Å²) >= 11 is 0. The van der Waals surface area contributed by atoms with Gasteiger partial charge in [0.25, 0.3) is 0 Å². The number of hydrogen-bond acceptors (Lipinski definition) is 3. The van der Waals surface area contributed by atoms with Crippen LogP contribution in [0.1, 0.15) is 47.2 Å². The standard InChI is InChI=1S/C31H22NO.C17H20N.Ir/c1-21-20-32-29(19-27(21)24-11-6-3-7-12-24)26-14-8-13-25-28-18-23(15-16-30(28)33-31(25)26)17-22-9-4-2-5-10-22;1-12(2)9-16-11-18-17(10-14(16)4)15-7-5-13(3)6-8-15;/h2-13,15-16,18-20H,17H2,1H3;5-7,10-12H,9H2,1-4H3;/q2*-1;. The third-order valence-electron chi connectivity index (χ3n) is 9.28. The fourth-order valence-electron chi connectivity index (χ4n) is 6.56. The molecule has 0 saturated heterocycles. The molecule has 0 amide bonds. The van der Waals surface area contributed by atoms with Crippen LogP contribution in [0.2, 0.25) is 0 Å². The second kappa shape index (κ2) is 16.5. The van der Waals surface area contributed by atoms with Crippen molar-refractivity contribution in [3.8, 4) is 33.6 Å². The van der Waals surface area contributed by atoms with Crippen molar-refractivity contribution in [1.82, 2.24) is 9.97 Å². The molecule has 8 rings (SSSR count). The molecule has 4 heteroatoms. The van der Waals surface area contributed by atoms with Gasteiger partial charge in [0, 0.05) is 37.9 Å². The summed E-state index contributed by atoms with van der Waals surface area (Å²) in [6.45, 7) is 10.8. The van der Waals surface area contributed by atoms with E-state index in [4.69, 9.17) is 9.40 Å². The fourth-order valence-corrected chi connectivity index (χ4v) is 6.56. The van der Waals surface area contributed by atoms with Crippen LogP contribution in [-0.4, -0.2) is 9.97 Å². The maximum absolute atomic E-state index is 6.35. The molecule has 3 aromatic heterocycles. The van der Waals surface area contributed by atoms with E-state index >= 15 is 0 Å². The molecule has 3 nitrogen and oxygen atoms in total. The second-order valence-corrected chi connectivity index (χ2v) is 13.8. The van der Waals surface area contributed by atoms with Gasteiger partial charge in [-0.15, -0.1) is 53.6 Å². The molecule has 0 unspecified atom stereocenters. The molecule has 0 bridgehead atoms. The van der Waals surface area contributed by atoms with E-state index in [9.17, 15) is 0 Å². The van der Waals surface area contributed by atoms with E-state index in [0.29, 0.717) is 5.92 Å². The van der Waals surface area contributed by atoms with Crippen LogP contribution in [-0.2, 0) is 32.9 Å². The molecule has 0 fully saturated rings. The largest absolute Gasteiger partial charge is 0.501 e. The van der Waals surface area contributed by atoms with Crippen molar-refractivity contribution in [2.75, 3.05) is 0 Å². The van der Waals surface area contributed by atoms with Crippen molar-refractivity contribution in [2.24, 2.45) is 5.92 Å². The summed E-state index contributed by atoms with van der Waals surface area (Å²) in [4.78, 5) is 9.30. The molecule has 1 radical (unpaired) electrons. The van der Waals surface area contributed by atoms with E-state index in [1.807, 2.05) is 30.6 Å². The van der Waals surface area contributed by atoms with Gasteiger partial charge in [-0.05, 0) is 89.5 Å². The Morgan fingerprint density at radius 1 is 0.673 bits per heavy atom. The van der Waals surface area contributed by atoms with E-state index in [1.54, 1.807) is 0 Å². The van der Waals surface area contributed by atoms with Crippen LogP contribution in [0, 0.1) is 38.8 Å². The number of fused-ring (bicyclic) bond motifs is 3. The molecule has 0 saturated carbocycles. The Labute approximate surface area is 321 Å². The van der Waals surface area contributed by atoms with Crippen molar-refractivity contribution < 1.29 is 24.5 Å². The van der Waals surface area contributed by atoms with Gasteiger partial charge < -0.3 is 14.4 Å². The topological polar surface area (TPSA) is 38.9 Å². The van der Waals surface area contributed by atoms with E-state index in [2.05, 4.69) is 155 Å². The molecule has 0 aliphatic rings. The van der Waals surface area contributed by atoms with Crippen LogP contribution in [0.5, 0.6) is 0 Å². The van der Waals surface area contributed by atoms with Crippen LogP contribution < -0.4 is 0 Å². The minimum atomic E-state index is 0. The summed E-state index contributed by atoms with van der Waals surface area (Å²) in [5, 5.41) is 2.22. The smallest absolute Gasteiger partial charge is 0.120 e. The Kier molecular flexibility index (Phi) is 11.6. The van der Waals surface area contributed by atoms with Gasteiger partial charge in [0.15, 0.2) is 0 Å². The molecule has 52 heavy (non-hydrogen) atoms. The molecule has 0 atom stereocenters. The molecule has 0 spiro atoms. The van der Waals surface area contributed by atoms with Crippen LogP contribution >= 0.6 is 0 Å². The number of hydrogen-bond donors (Lipinski definition) is 0. The Morgan fingerprint density at radius 2 is 1.42 bits per heavy atom. The van der Waals surface area contributed by atoms with Gasteiger partial charge in [-0.3, -0.25) is 0 Å². The molecular formula is C48H42IrN2O-2. The molecule has 8 aromatic rings. The number of nitrogens with zero attached hydrogens (tertiary/aromatic N) is 2. The summed E-state index contributed by atoms with van der Waals surface area (Å²) in [5.74, 6) is 0.669. The van der Waals surface area contributed by atoms with Crippen molar-refractivity contribution >= 4 is 21.9 Å². The number of furan rings is 1. The van der Waals surface area contributed by atoms with Gasteiger partial charge in [0.1, 0.15) is 5.58 Å². The number of benzene rings is 5. The van der Waals surface area contributed by atoms with Crippen LogP contribution in [0.25, 0.3) is 55.6 Å². The van der Waals surface area contributed by atoms with Gasteiger partial charge in [-0.2, -0.15) is 0 Å². The quantitative estimate of drug-likeness (QED) is 0.150. The Hall–Kier alpha value is -5.15. The SMILES string of the molecule is Cc1c[c-]c(-c2cc(C)c(CC(C)C)cn2)cc1.Cc1cnc(-c2[c-]ccc3c2oc2ccc(Cc4ccccc4)cc23)cc1-c1ccccc1.[Ir]. The van der Waals surface area contributed by atoms with E-state index in [-0.39, 0.29) is 20.1 Å². The van der Waals surface area contributed by atoms with Crippen LogP contribution in [0.4, 0.5) is 0 Å². The molecule has 0 aliphatic carbocycles. The number of aromatic nitrogens is 2. The van der Waals surface area contributed by atoms with Crippen LogP contribution in [0.3, 0.4) is 0 Å². The Balaban J connectivity index is 0.000000208. The predicted molar refractivity (Wildman–Crippen MR) is 212 cm³/mol. The third kappa shape index (κ3) is 8.31. The number of pyridine rings is 2. The van der Waals surface area contributed by atoms with Gasteiger partial charge >= 0.3 is 0 Å². The zero-order chi connectivity index (χ0) is 35.3. The second-order valence-electron chi connectivity index (χ2n) is 13.8. The molecular weight excluding hydrogens is 813 g/mol. The molecule has 0 aliphatic heterocycles. The first-order valence-corrected chi connectivity index (χ1v) is 17.7. The first kappa shape index (κ1) is 36.6. The summed E-state index contributed by atoms with van der Waals surface area (Å²) in [7, 11) is 0. The maximum Gasteiger partial charge on any atom is 0.120 e. The normalized spacial score (nSPS) is 11.0. The first-order valence-electron chi connectivity index (χ1n) is 17.7. The summed E-state index contributed by atoms with van der Waals surface area (Å²) in [6.07, 6.45) is 5.94. The van der Waals surface area contributed by atoms with Gasteiger partial charge in [-0.25, -0.2) is 0 Å². The average Bonchev–Trinajstić information content (AvgIpc) is 3.52. The van der Waals surface area contributed by atoms with Crippen molar-refractivity contribution in [3.63, 3.8) is 0 Å². The predicted octanol–water partition coefficient (Wildman–Crippen LogP) is 12.4. The zero-order valence-corrected chi connectivity index (χ0v) is 32.7. The molecule has 0 N–H and O–H groups in total. The third-order valence-corrected chi connectivity index (χ3v) is 9.28. The number of aryl methyl sites for hydroxylation is 3. The van der Waals surface area contributed by atoms with Crippen molar-refractivity contribution in [2.45, 2.75) is 47.5 Å². The summed E-state index contributed by atoms with van der Waals surface area (Å²) < 4.78 is 6.35. The van der Waals surface area contributed by atoms with Gasteiger partial charge in [0.05, 0.1) is 5.58 Å². The number of rotatable bonds is 7. The minimum Gasteiger partial charge on any atom is -0.501 e. The monoisotopic (exact) mass is 855 g/mol. The Morgan fingerprint density at radius 3 is 2.13 bits per heavy atom. The van der Waals surface area contributed by atoms with Crippen molar-refractivity contribution in [1.29, 1.82) is 0 Å². The van der Waals surface area contributed by atoms with E-state index in [0.717, 1.165) is 62.9 Å². The fraction of sp³-hybridized carbons (Fsp3) is 0.167. The summed E-state index contributed by atoms with van der Waals surface area (Å²) in [5.41, 5.74) is 15.5. The maximum atomic E-state index is 6.35. The van der Waals surface area contributed by atoms with Crippen molar-refractivity contribution in [3.05, 3.63) is 179 Å². The van der Waals surface area contributed by atoms with Gasteiger partial charge in [-0.1, -0.05) is 116 Å². The summed E-state index contributed by atoms with van der Waals surface area (Å²) in [6, 6.07) is 48.7. The first-order chi connectivity index (χ1) is 24.8. The van der Waals surface area contributed by atoms with E-state index < -0.39 is 0 Å². The average molecular weight is 855 g/mol. The molecule has 3 heterocycles. The Bertz CT molecular complexity index is 2410. The van der Waals surface area contributed by atoms with Gasteiger partial charge in [0.2, 0.25) is 0 Å².